The Morgan fingerprint density at radius 2 is 1.91 bits per heavy atom. The molecule has 66 valence electrons. The second-order valence-electron chi connectivity index (χ2n) is 2.76. The Morgan fingerprint density at radius 3 is 2.00 bits per heavy atom. The summed E-state index contributed by atoms with van der Waals surface area (Å²) in [5, 5.41) is 16.3. The molecular weight excluding hydrogens is 140 g/mol. The number of aliphatic hydroxyl groups excluding tert-OH is 2. The summed E-state index contributed by atoms with van der Waals surface area (Å²) >= 11 is 0. The van der Waals surface area contributed by atoms with Crippen molar-refractivity contribution in [1.29, 1.82) is 0 Å². The van der Waals surface area contributed by atoms with Gasteiger partial charge in [-0.15, -0.1) is 6.58 Å². The van der Waals surface area contributed by atoms with Crippen molar-refractivity contribution in [3.8, 4) is 0 Å². The maximum atomic E-state index is 8.28. The van der Waals surface area contributed by atoms with Crippen LogP contribution in [0.4, 0.5) is 0 Å². The van der Waals surface area contributed by atoms with Crippen molar-refractivity contribution in [3.05, 3.63) is 12.7 Å². The number of rotatable bonds is 4. The van der Waals surface area contributed by atoms with Crippen LogP contribution in [0.2, 0.25) is 0 Å². The van der Waals surface area contributed by atoms with E-state index in [0.29, 0.717) is 13.0 Å². The van der Waals surface area contributed by atoms with E-state index in [1.807, 2.05) is 0 Å². The fraction of sp³-hybridized carbons (Fsp3) is 0.778. The van der Waals surface area contributed by atoms with Crippen LogP contribution in [-0.2, 0) is 0 Å². The summed E-state index contributed by atoms with van der Waals surface area (Å²) in [4.78, 5) is 0. The Morgan fingerprint density at radius 1 is 1.27 bits per heavy atom. The molecule has 2 N–H and O–H groups in total. The van der Waals surface area contributed by atoms with Crippen LogP contribution in [0, 0.1) is 5.92 Å². The molecule has 11 heavy (non-hydrogen) atoms. The Bertz CT molecular complexity index is 87.6. The summed E-state index contributed by atoms with van der Waals surface area (Å²) in [5.41, 5.74) is 0. The smallest absolute Gasteiger partial charge is 0.0465 e. The first-order valence-electron chi connectivity index (χ1n) is 4.17. The third kappa shape index (κ3) is 9.66. The maximum Gasteiger partial charge on any atom is 0.0465 e. The Hall–Kier alpha value is -0.340. The van der Waals surface area contributed by atoms with Gasteiger partial charge in [-0.2, -0.15) is 0 Å². The van der Waals surface area contributed by atoms with E-state index in [1.165, 1.54) is 12.8 Å². The van der Waals surface area contributed by atoms with Crippen molar-refractivity contribution in [2.24, 2.45) is 5.92 Å². The number of aliphatic hydroxyl groups is 2. The van der Waals surface area contributed by atoms with E-state index in [1.54, 1.807) is 6.08 Å². The van der Waals surface area contributed by atoms with Crippen molar-refractivity contribution in [3.63, 3.8) is 0 Å². The topological polar surface area (TPSA) is 40.5 Å². The maximum absolute atomic E-state index is 8.28. The lowest BCUT2D eigenvalue weighted by Gasteiger charge is -1.82. The van der Waals surface area contributed by atoms with Gasteiger partial charge >= 0.3 is 0 Å². The first-order valence-corrected chi connectivity index (χ1v) is 4.17. The fourth-order valence-corrected chi connectivity index (χ4v) is 0.680. The number of hydrogen-bond acceptors (Lipinski definition) is 2. The average molecular weight is 158 g/mol. The van der Waals surface area contributed by atoms with Gasteiger partial charge in [-0.1, -0.05) is 18.9 Å². The van der Waals surface area contributed by atoms with Crippen molar-refractivity contribution in [1.82, 2.24) is 0 Å². The molecule has 2 heteroatoms. The highest BCUT2D eigenvalue weighted by molar-refractivity contribution is 4.71. The lowest BCUT2D eigenvalue weighted by Crippen LogP contribution is -1.80. The van der Waals surface area contributed by atoms with Gasteiger partial charge in [-0.05, 0) is 18.8 Å². The molecule has 0 radical (unpaired) electrons. The van der Waals surface area contributed by atoms with Crippen LogP contribution in [0.1, 0.15) is 25.7 Å². The van der Waals surface area contributed by atoms with Crippen molar-refractivity contribution >= 4 is 0 Å². The molecule has 2 nitrogen and oxygen atoms in total. The van der Waals surface area contributed by atoms with Gasteiger partial charge in [0.05, 0.1) is 0 Å². The molecule has 0 spiro atoms. The molecule has 1 rings (SSSR count). The first kappa shape index (κ1) is 10.7. The monoisotopic (exact) mass is 158 g/mol. The summed E-state index contributed by atoms with van der Waals surface area (Å²) < 4.78 is 0. The van der Waals surface area contributed by atoms with Crippen molar-refractivity contribution in [2.45, 2.75) is 25.7 Å². The molecule has 1 fully saturated rings. The minimum absolute atomic E-state index is 0.226. The van der Waals surface area contributed by atoms with E-state index in [0.717, 1.165) is 12.3 Å². The Kier molecular flexibility index (Phi) is 7.52. The zero-order valence-corrected chi connectivity index (χ0v) is 7.00. The average Bonchev–Trinajstić information content (AvgIpc) is 2.76. The second-order valence-corrected chi connectivity index (χ2v) is 2.76. The summed E-state index contributed by atoms with van der Waals surface area (Å²) in [7, 11) is 0. The van der Waals surface area contributed by atoms with E-state index in [2.05, 4.69) is 6.58 Å². The van der Waals surface area contributed by atoms with E-state index in [-0.39, 0.29) is 6.61 Å². The normalized spacial score (nSPS) is 15.1. The summed E-state index contributed by atoms with van der Waals surface area (Å²) in [6.07, 6.45) is 6.15. The van der Waals surface area contributed by atoms with Gasteiger partial charge in [0.25, 0.3) is 0 Å². The van der Waals surface area contributed by atoms with E-state index in [4.69, 9.17) is 10.2 Å². The summed E-state index contributed by atoms with van der Waals surface area (Å²) in [5.74, 6) is 0.898. The second kappa shape index (κ2) is 7.76. The molecule has 0 bridgehead atoms. The Balaban J connectivity index is 0.000000187. The molecule has 1 aliphatic rings. The molecule has 0 amide bonds. The van der Waals surface area contributed by atoms with Crippen LogP contribution in [0.25, 0.3) is 0 Å². The van der Waals surface area contributed by atoms with Gasteiger partial charge in [0.1, 0.15) is 0 Å². The fourth-order valence-electron chi connectivity index (χ4n) is 0.680. The third-order valence-electron chi connectivity index (χ3n) is 1.57. The predicted molar refractivity (Wildman–Crippen MR) is 46.3 cm³/mol. The highest BCUT2D eigenvalue weighted by Crippen LogP contribution is 2.31. The minimum atomic E-state index is 0.226. The van der Waals surface area contributed by atoms with Gasteiger partial charge in [-0.25, -0.2) is 0 Å². The largest absolute Gasteiger partial charge is 0.396 e. The van der Waals surface area contributed by atoms with Gasteiger partial charge < -0.3 is 10.2 Å². The molecule has 0 aliphatic heterocycles. The third-order valence-corrected chi connectivity index (χ3v) is 1.57. The number of hydrogen-bond donors (Lipinski definition) is 2. The highest BCUT2D eigenvalue weighted by Gasteiger charge is 2.19. The molecule has 0 atom stereocenters. The first-order chi connectivity index (χ1) is 5.35. The minimum Gasteiger partial charge on any atom is -0.396 e. The van der Waals surface area contributed by atoms with Gasteiger partial charge in [0.2, 0.25) is 0 Å². The van der Waals surface area contributed by atoms with E-state index >= 15 is 0 Å². The standard InChI is InChI=1S/C5H10O.C4H8O/c6-4-3-5-1-2-5;1-2-3-4-5/h5-6H,1-4H2;2,5H,1,3-4H2. The Labute approximate surface area is 68.6 Å². The van der Waals surface area contributed by atoms with E-state index < -0.39 is 0 Å². The highest BCUT2D eigenvalue weighted by atomic mass is 16.3. The zero-order chi connectivity index (χ0) is 8.53. The molecule has 1 saturated carbocycles. The van der Waals surface area contributed by atoms with Crippen LogP contribution >= 0.6 is 0 Å². The lowest BCUT2D eigenvalue weighted by atomic mass is 10.3. The van der Waals surface area contributed by atoms with Crippen LogP contribution in [0.3, 0.4) is 0 Å². The SMILES string of the molecule is C=CCCO.OCCC1CC1. The molecule has 0 heterocycles. The predicted octanol–water partition coefficient (Wildman–Crippen LogP) is 1.33. The van der Waals surface area contributed by atoms with Crippen LogP contribution in [0.15, 0.2) is 12.7 Å². The van der Waals surface area contributed by atoms with Gasteiger partial charge in [-0.3, -0.25) is 0 Å². The van der Waals surface area contributed by atoms with E-state index in [9.17, 15) is 0 Å². The van der Waals surface area contributed by atoms with Crippen LogP contribution in [0.5, 0.6) is 0 Å². The summed E-state index contributed by atoms with van der Waals surface area (Å²) in [6.45, 7) is 4.01. The molecule has 0 unspecified atom stereocenters. The zero-order valence-electron chi connectivity index (χ0n) is 7.00. The van der Waals surface area contributed by atoms with Crippen molar-refractivity contribution in [2.75, 3.05) is 13.2 Å². The van der Waals surface area contributed by atoms with Crippen molar-refractivity contribution < 1.29 is 10.2 Å². The summed E-state index contributed by atoms with van der Waals surface area (Å²) in [6, 6.07) is 0. The van der Waals surface area contributed by atoms with Gasteiger partial charge in [0.15, 0.2) is 0 Å². The quantitative estimate of drug-likeness (QED) is 0.606. The molecule has 1 aliphatic carbocycles. The molecular formula is C9H18O2. The van der Waals surface area contributed by atoms with Crippen LogP contribution < -0.4 is 0 Å². The lowest BCUT2D eigenvalue weighted by molar-refractivity contribution is 0.280. The van der Waals surface area contributed by atoms with Gasteiger partial charge in [0, 0.05) is 13.2 Å². The molecule has 0 aromatic heterocycles. The molecule has 0 saturated heterocycles. The molecule has 0 aromatic rings. The molecule has 0 aromatic carbocycles. The van der Waals surface area contributed by atoms with Crippen LogP contribution in [-0.4, -0.2) is 23.4 Å².